The summed E-state index contributed by atoms with van der Waals surface area (Å²) < 4.78 is 0. The number of benzene rings is 3. The lowest BCUT2D eigenvalue weighted by atomic mass is 10.1. The maximum Gasteiger partial charge on any atom is 0.329 e. The molecule has 156 valence electrons. The first kappa shape index (κ1) is 20.4. The number of nitrogens with one attached hydrogen (secondary N) is 3. The molecular weight excluding hydrogens is 416 g/mol. The predicted molar refractivity (Wildman–Crippen MR) is 124 cm³/mol. The van der Waals surface area contributed by atoms with Gasteiger partial charge in [-0.1, -0.05) is 48.0 Å². The average Bonchev–Trinajstić information content (AvgIpc) is 2.78. The van der Waals surface area contributed by atoms with Gasteiger partial charge in [-0.25, -0.2) is 4.98 Å². The zero-order valence-corrected chi connectivity index (χ0v) is 17.1. The molecule has 31 heavy (non-hydrogen) atoms. The van der Waals surface area contributed by atoms with E-state index in [9.17, 15) is 10.1 Å². The summed E-state index contributed by atoms with van der Waals surface area (Å²) in [5.41, 5.74) is 1.54. The molecule has 0 aliphatic carbocycles. The highest BCUT2D eigenvalue weighted by Gasteiger charge is 2.17. The molecule has 1 heterocycles. The van der Waals surface area contributed by atoms with Gasteiger partial charge in [-0.2, -0.15) is 4.98 Å². The van der Waals surface area contributed by atoms with Crippen molar-refractivity contribution in [2.45, 2.75) is 0 Å². The minimum atomic E-state index is -0.507. The van der Waals surface area contributed by atoms with Crippen LogP contribution >= 0.6 is 11.6 Å². The average molecular weight is 435 g/mol. The summed E-state index contributed by atoms with van der Waals surface area (Å²) in [5, 5.41) is 23.6. The lowest BCUT2D eigenvalue weighted by Gasteiger charge is -2.12. The molecule has 0 radical (unpaired) electrons. The standard InChI is InChI=1S/C22H19ClN6O2/c23-16-8-10-17(11-9-16)27-22-26-14-20(29(30)31)21(28-22)25-13-12-24-19-7-3-5-15-4-1-2-6-18(15)19/h1-11,14,24H,12-13H2,(H2,25,26,27,28). The summed E-state index contributed by atoms with van der Waals surface area (Å²) in [6.45, 7) is 0.983. The normalized spacial score (nSPS) is 10.6. The maximum atomic E-state index is 11.4. The fraction of sp³-hybridized carbons (Fsp3) is 0.0909. The number of fused-ring (bicyclic) bond motifs is 1. The smallest absolute Gasteiger partial charge is 0.329 e. The van der Waals surface area contributed by atoms with E-state index in [-0.39, 0.29) is 17.5 Å². The van der Waals surface area contributed by atoms with Gasteiger partial charge in [0.2, 0.25) is 11.8 Å². The van der Waals surface area contributed by atoms with E-state index >= 15 is 0 Å². The molecule has 3 aromatic carbocycles. The summed E-state index contributed by atoms with van der Waals surface area (Å²) in [6.07, 6.45) is 1.19. The zero-order valence-electron chi connectivity index (χ0n) is 16.4. The minimum absolute atomic E-state index is 0.149. The summed E-state index contributed by atoms with van der Waals surface area (Å²) in [4.78, 5) is 19.2. The van der Waals surface area contributed by atoms with Crippen LogP contribution in [0.1, 0.15) is 0 Å². The van der Waals surface area contributed by atoms with Gasteiger partial charge < -0.3 is 16.0 Å². The number of nitro groups is 1. The third-order valence-electron chi connectivity index (χ3n) is 4.59. The Balaban J connectivity index is 1.43. The van der Waals surface area contributed by atoms with Crippen molar-refractivity contribution in [2.75, 3.05) is 29.0 Å². The molecule has 8 nitrogen and oxygen atoms in total. The van der Waals surface area contributed by atoms with Gasteiger partial charge in [0.25, 0.3) is 0 Å². The largest absolute Gasteiger partial charge is 0.383 e. The molecule has 4 rings (SSSR count). The number of hydrogen-bond donors (Lipinski definition) is 3. The Morgan fingerprint density at radius 1 is 0.935 bits per heavy atom. The van der Waals surface area contributed by atoms with E-state index in [2.05, 4.69) is 44.1 Å². The second kappa shape index (κ2) is 9.27. The monoisotopic (exact) mass is 434 g/mol. The molecule has 0 aliphatic heterocycles. The third-order valence-corrected chi connectivity index (χ3v) is 4.84. The first-order chi connectivity index (χ1) is 15.1. The van der Waals surface area contributed by atoms with E-state index in [1.54, 1.807) is 24.3 Å². The van der Waals surface area contributed by atoms with Gasteiger partial charge >= 0.3 is 5.69 Å². The number of hydrogen-bond acceptors (Lipinski definition) is 7. The van der Waals surface area contributed by atoms with Crippen molar-refractivity contribution in [2.24, 2.45) is 0 Å². The third kappa shape index (κ3) is 4.99. The van der Waals surface area contributed by atoms with Gasteiger partial charge in [0.15, 0.2) is 0 Å². The fourth-order valence-corrected chi connectivity index (χ4v) is 3.25. The van der Waals surface area contributed by atoms with Crippen molar-refractivity contribution in [3.05, 3.63) is 88.1 Å². The second-order valence-corrected chi connectivity index (χ2v) is 7.13. The molecule has 1 aromatic heterocycles. The van der Waals surface area contributed by atoms with Crippen LogP contribution in [0.25, 0.3) is 10.8 Å². The quantitative estimate of drug-likeness (QED) is 0.192. The van der Waals surface area contributed by atoms with Crippen LogP contribution < -0.4 is 16.0 Å². The molecule has 9 heteroatoms. The van der Waals surface area contributed by atoms with Gasteiger partial charge in [-0.15, -0.1) is 0 Å². The molecule has 4 aromatic rings. The highest BCUT2D eigenvalue weighted by molar-refractivity contribution is 6.30. The lowest BCUT2D eigenvalue weighted by molar-refractivity contribution is -0.384. The molecule has 0 spiro atoms. The lowest BCUT2D eigenvalue weighted by Crippen LogP contribution is -2.16. The fourth-order valence-electron chi connectivity index (χ4n) is 3.12. The first-order valence-corrected chi connectivity index (χ1v) is 9.97. The topological polar surface area (TPSA) is 105 Å². The summed E-state index contributed by atoms with van der Waals surface area (Å²) in [7, 11) is 0. The highest BCUT2D eigenvalue weighted by atomic mass is 35.5. The van der Waals surface area contributed by atoms with Crippen LogP contribution in [-0.2, 0) is 0 Å². The van der Waals surface area contributed by atoms with Crippen LogP contribution in [0.15, 0.2) is 72.9 Å². The molecule has 0 atom stereocenters. The van der Waals surface area contributed by atoms with Crippen molar-refractivity contribution in [1.82, 2.24) is 9.97 Å². The molecule has 0 amide bonds. The molecule has 0 saturated carbocycles. The molecule has 0 bridgehead atoms. The molecule has 0 fully saturated rings. The summed E-state index contributed by atoms with van der Waals surface area (Å²) in [5.74, 6) is 0.397. The highest BCUT2D eigenvalue weighted by Crippen LogP contribution is 2.25. The molecule has 0 saturated heterocycles. The number of rotatable bonds is 8. The van der Waals surface area contributed by atoms with Crippen LogP contribution in [0.2, 0.25) is 5.02 Å². The van der Waals surface area contributed by atoms with Crippen molar-refractivity contribution in [1.29, 1.82) is 0 Å². The van der Waals surface area contributed by atoms with Gasteiger partial charge in [-0.3, -0.25) is 10.1 Å². The van der Waals surface area contributed by atoms with E-state index in [0.717, 1.165) is 22.1 Å². The van der Waals surface area contributed by atoms with Gasteiger partial charge in [-0.05, 0) is 35.7 Å². The minimum Gasteiger partial charge on any atom is -0.383 e. The van der Waals surface area contributed by atoms with Crippen LogP contribution in [0, 0.1) is 10.1 Å². The number of anilines is 4. The molecule has 0 unspecified atom stereocenters. The second-order valence-electron chi connectivity index (χ2n) is 6.70. The van der Waals surface area contributed by atoms with E-state index < -0.39 is 4.92 Å². The molecule has 0 aliphatic rings. The van der Waals surface area contributed by atoms with Crippen LogP contribution in [0.3, 0.4) is 0 Å². The number of nitrogens with zero attached hydrogens (tertiary/aromatic N) is 3. The summed E-state index contributed by atoms with van der Waals surface area (Å²) >= 11 is 5.89. The molecule has 3 N–H and O–H groups in total. The van der Waals surface area contributed by atoms with E-state index in [0.29, 0.717) is 18.1 Å². The molecular formula is C22H19ClN6O2. The zero-order chi connectivity index (χ0) is 21.6. The predicted octanol–water partition coefficient (Wildman–Crippen LogP) is 5.46. The van der Waals surface area contributed by atoms with E-state index in [4.69, 9.17) is 11.6 Å². The Kier molecular flexibility index (Phi) is 6.09. The van der Waals surface area contributed by atoms with Crippen molar-refractivity contribution < 1.29 is 4.92 Å². The van der Waals surface area contributed by atoms with Crippen molar-refractivity contribution in [3.8, 4) is 0 Å². The summed E-state index contributed by atoms with van der Waals surface area (Å²) in [6, 6.07) is 21.1. The van der Waals surface area contributed by atoms with Gasteiger partial charge in [0.1, 0.15) is 6.20 Å². The SMILES string of the molecule is O=[N+]([O-])c1cnc(Nc2ccc(Cl)cc2)nc1NCCNc1cccc2ccccc12. The van der Waals surface area contributed by atoms with E-state index in [1.165, 1.54) is 6.20 Å². The van der Waals surface area contributed by atoms with Crippen molar-refractivity contribution >= 4 is 51.2 Å². The van der Waals surface area contributed by atoms with E-state index in [1.807, 2.05) is 24.3 Å². The Labute approximate surface area is 183 Å². The Morgan fingerprint density at radius 3 is 2.48 bits per heavy atom. The number of halogens is 1. The van der Waals surface area contributed by atoms with Crippen LogP contribution in [-0.4, -0.2) is 28.0 Å². The van der Waals surface area contributed by atoms with Crippen LogP contribution in [0.4, 0.5) is 28.8 Å². The van der Waals surface area contributed by atoms with Gasteiger partial charge in [0, 0.05) is 34.9 Å². The number of aromatic nitrogens is 2. The Morgan fingerprint density at radius 2 is 1.68 bits per heavy atom. The first-order valence-electron chi connectivity index (χ1n) is 9.60. The Bertz CT molecular complexity index is 1210. The van der Waals surface area contributed by atoms with Crippen molar-refractivity contribution in [3.63, 3.8) is 0 Å². The van der Waals surface area contributed by atoms with Gasteiger partial charge in [0.05, 0.1) is 4.92 Å². The maximum absolute atomic E-state index is 11.4. The Hall–Kier alpha value is -3.91. The van der Waals surface area contributed by atoms with Crippen LogP contribution in [0.5, 0.6) is 0 Å².